The van der Waals surface area contributed by atoms with Gasteiger partial charge in [-0.25, -0.2) is 10.4 Å². The molecule has 0 heterocycles. The number of nitrogens with zero attached hydrogens (tertiary/aromatic N) is 1. The van der Waals surface area contributed by atoms with E-state index in [1.54, 1.807) is 0 Å². The molecule has 0 aromatic carbocycles. The zero-order valence-corrected chi connectivity index (χ0v) is 6.13. The third kappa shape index (κ3) is 4.62. The molecular formula is C4H13N4O2-. The predicted molar refractivity (Wildman–Crippen MR) is 36.8 cm³/mol. The van der Waals surface area contributed by atoms with Crippen molar-refractivity contribution in [1.29, 1.82) is 0 Å². The van der Waals surface area contributed by atoms with Crippen molar-refractivity contribution in [2.45, 2.75) is 19.5 Å². The van der Waals surface area contributed by atoms with E-state index in [9.17, 15) is 5.21 Å². The van der Waals surface area contributed by atoms with Crippen molar-refractivity contribution >= 4 is 0 Å². The van der Waals surface area contributed by atoms with Crippen LogP contribution in [0.5, 0.6) is 0 Å². The lowest BCUT2D eigenvalue weighted by molar-refractivity contribution is -0.214. The SMILES string of the molecule is CCC(N)NON([O-])NC. The molecule has 0 aliphatic carbocycles. The Labute approximate surface area is 59.8 Å². The number of nitrogens with one attached hydrogen (secondary N) is 2. The summed E-state index contributed by atoms with van der Waals surface area (Å²) in [7, 11) is 1.44. The molecule has 4 N–H and O–H groups in total. The lowest BCUT2D eigenvalue weighted by Crippen LogP contribution is -2.43. The maximum absolute atomic E-state index is 10.3. The van der Waals surface area contributed by atoms with Crippen LogP contribution in [-0.2, 0) is 4.94 Å². The summed E-state index contributed by atoms with van der Waals surface area (Å²) in [5, 5.41) is 10.5. The Kier molecular flexibility index (Phi) is 5.40. The highest BCUT2D eigenvalue weighted by Crippen LogP contribution is 1.81. The zero-order chi connectivity index (χ0) is 7.98. The molecule has 10 heavy (non-hydrogen) atoms. The largest absolute Gasteiger partial charge is 0.746 e. The average Bonchev–Trinajstić information content (AvgIpc) is 1.99. The maximum atomic E-state index is 10.3. The molecule has 0 aromatic heterocycles. The van der Waals surface area contributed by atoms with E-state index >= 15 is 0 Å². The van der Waals surface area contributed by atoms with E-state index in [-0.39, 0.29) is 11.5 Å². The molecule has 62 valence electrons. The molecule has 0 saturated carbocycles. The van der Waals surface area contributed by atoms with Crippen molar-refractivity contribution in [3.63, 3.8) is 0 Å². The molecule has 0 amide bonds. The van der Waals surface area contributed by atoms with Crippen molar-refractivity contribution in [3.8, 4) is 0 Å². The van der Waals surface area contributed by atoms with E-state index < -0.39 is 0 Å². The maximum Gasteiger partial charge on any atom is 0.0804 e. The summed E-state index contributed by atoms with van der Waals surface area (Å²) >= 11 is 0. The number of hydrogen-bond donors (Lipinski definition) is 3. The van der Waals surface area contributed by atoms with Gasteiger partial charge in [0.25, 0.3) is 0 Å². The van der Waals surface area contributed by atoms with Crippen LogP contribution in [0.1, 0.15) is 13.3 Å². The Morgan fingerprint density at radius 3 is 2.80 bits per heavy atom. The van der Waals surface area contributed by atoms with E-state index in [0.717, 1.165) is 0 Å². The van der Waals surface area contributed by atoms with E-state index in [0.29, 0.717) is 6.42 Å². The topological polar surface area (TPSA) is 85.6 Å². The summed E-state index contributed by atoms with van der Waals surface area (Å²) in [6.45, 7) is 1.87. The van der Waals surface area contributed by atoms with Gasteiger partial charge in [-0.15, -0.1) is 0 Å². The van der Waals surface area contributed by atoms with Crippen LogP contribution in [0.2, 0.25) is 0 Å². The van der Waals surface area contributed by atoms with Crippen molar-refractivity contribution in [2.75, 3.05) is 7.05 Å². The second-order valence-electron chi connectivity index (χ2n) is 1.70. The first kappa shape index (κ1) is 9.76. The van der Waals surface area contributed by atoms with Gasteiger partial charge in [0.1, 0.15) is 0 Å². The predicted octanol–water partition coefficient (Wildman–Crippen LogP) is -0.948. The normalized spacial score (nSPS) is 14.1. The van der Waals surface area contributed by atoms with Crippen LogP contribution >= 0.6 is 0 Å². The fourth-order valence-electron chi connectivity index (χ4n) is 0.245. The molecular weight excluding hydrogens is 136 g/mol. The van der Waals surface area contributed by atoms with Crippen LogP contribution in [0, 0.1) is 5.21 Å². The summed E-state index contributed by atoms with van der Waals surface area (Å²) < 4.78 is 0. The minimum absolute atomic E-state index is 0.176. The molecule has 0 saturated heterocycles. The van der Waals surface area contributed by atoms with E-state index in [1.807, 2.05) is 6.92 Å². The minimum atomic E-state index is -0.315. The van der Waals surface area contributed by atoms with Crippen LogP contribution in [0.3, 0.4) is 0 Å². The van der Waals surface area contributed by atoms with Gasteiger partial charge >= 0.3 is 0 Å². The van der Waals surface area contributed by atoms with Crippen LogP contribution in [0.25, 0.3) is 0 Å². The molecule has 0 aromatic rings. The molecule has 0 spiro atoms. The van der Waals surface area contributed by atoms with Crippen molar-refractivity contribution in [1.82, 2.24) is 16.2 Å². The fraction of sp³-hybridized carbons (Fsp3) is 1.00. The van der Waals surface area contributed by atoms with Gasteiger partial charge in [-0.1, -0.05) is 6.92 Å². The zero-order valence-electron chi connectivity index (χ0n) is 6.13. The van der Waals surface area contributed by atoms with Crippen LogP contribution < -0.4 is 16.6 Å². The molecule has 1 atom stereocenters. The van der Waals surface area contributed by atoms with Crippen LogP contribution in [-0.4, -0.2) is 18.5 Å². The molecule has 6 nitrogen and oxygen atoms in total. The third-order valence-electron chi connectivity index (χ3n) is 0.909. The highest BCUT2D eigenvalue weighted by atomic mass is 17.0. The molecule has 0 radical (unpaired) electrons. The van der Waals surface area contributed by atoms with Gasteiger partial charge < -0.3 is 10.9 Å². The lowest BCUT2D eigenvalue weighted by atomic mass is 10.4. The fourth-order valence-corrected chi connectivity index (χ4v) is 0.245. The first-order valence-corrected chi connectivity index (χ1v) is 3.03. The molecule has 0 rings (SSSR count). The molecule has 6 heteroatoms. The minimum Gasteiger partial charge on any atom is -0.746 e. The van der Waals surface area contributed by atoms with Gasteiger partial charge in [0.05, 0.1) is 6.17 Å². The summed E-state index contributed by atoms with van der Waals surface area (Å²) in [5.74, 6) is 0. The molecule has 0 aliphatic rings. The highest BCUT2D eigenvalue weighted by Gasteiger charge is 1.95. The summed E-state index contributed by atoms with van der Waals surface area (Å²) in [4.78, 5) is 4.34. The van der Waals surface area contributed by atoms with Gasteiger partial charge in [-0.3, -0.25) is 0 Å². The number of rotatable bonds is 5. The van der Waals surface area contributed by atoms with Gasteiger partial charge in [0.15, 0.2) is 0 Å². The molecule has 0 fully saturated rings. The standard InChI is InChI=1S/C4H13N4O2/c1-3-4(5)7-10-8(9)6-2/h4,6-7H,3,5H2,1-2H3/q-1. The Hall–Kier alpha value is -0.240. The number of hydrazine groups is 1. The summed E-state index contributed by atoms with van der Waals surface area (Å²) in [6, 6.07) is 0. The Morgan fingerprint density at radius 2 is 2.40 bits per heavy atom. The van der Waals surface area contributed by atoms with Gasteiger partial charge in [0, 0.05) is 7.05 Å². The molecule has 0 aliphatic heterocycles. The first-order chi connectivity index (χ1) is 4.70. The van der Waals surface area contributed by atoms with Gasteiger partial charge in [-0.05, 0) is 6.42 Å². The number of nitrogens with two attached hydrogens (primary N) is 1. The highest BCUT2D eigenvalue weighted by molar-refractivity contribution is 4.44. The monoisotopic (exact) mass is 149 g/mol. The number of hydroxylamine groups is 1. The van der Waals surface area contributed by atoms with E-state index in [4.69, 9.17) is 5.73 Å². The van der Waals surface area contributed by atoms with Crippen molar-refractivity contribution < 1.29 is 4.94 Å². The Balaban J connectivity index is 3.17. The average molecular weight is 149 g/mol. The Bertz CT molecular complexity index is 71.7. The van der Waals surface area contributed by atoms with Crippen LogP contribution in [0.15, 0.2) is 0 Å². The molecule has 1 unspecified atom stereocenters. The van der Waals surface area contributed by atoms with E-state index in [2.05, 4.69) is 15.8 Å². The van der Waals surface area contributed by atoms with Crippen molar-refractivity contribution in [3.05, 3.63) is 5.21 Å². The quantitative estimate of drug-likeness (QED) is 0.345. The summed E-state index contributed by atoms with van der Waals surface area (Å²) in [5.41, 5.74) is 9.84. The van der Waals surface area contributed by atoms with Gasteiger partial charge in [-0.2, -0.15) is 10.8 Å². The number of hydrogen-bond acceptors (Lipinski definition) is 6. The second kappa shape index (κ2) is 5.54. The summed E-state index contributed by atoms with van der Waals surface area (Å²) in [6.07, 6.45) is 0.377. The van der Waals surface area contributed by atoms with Crippen molar-refractivity contribution in [2.24, 2.45) is 5.73 Å². The van der Waals surface area contributed by atoms with Gasteiger partial charge in [0.2, 0.25) is 0 Å². The Morgan fingerprint density at radius 1 is 1.80 bits per heavy atom. The second-order valence-corrected chi connectivity index (χ2v) is 1.70. The lowest BCUT2D eigenvalue weighted by Gasteiger charge is -2.25. The first-order valence-electron chi connectivity index (χ1n) is 3.03. The van der Waals surface area contributed by atoms with E-state index in [1.165, 1.54) is 7.05 Å². The smallest absolute Gasteiger partial charge is 0.0804 e. The molecule has 0 bridgehead atoms. The van der Waals surface area contributed by atoms with Crippen LogP contribution in [0.4, 0.5) is 0 Å². The third-order valence-corrected chi connectivity index (χ3v) is 0.909.